The molecule has 1 N–H and O–H groups in total. The van der Waals surface area contributed by atoms with Crippen LogP contribution in [0.1, 0.15) is 13.8 Å². The zero-order chi connectivity index (χ0) is 11.1. The molecule has 0 aromatic heterocycles. The van der Waals surface area contributed by atoms with Crippen LogP contribution in [-0.2, 0) is 14.3 Å². The lowest BCUT2D eigenvalue weighted by molar-refractivity contribution is -0.141. The molecule has 0 aromatic carbocycles. The third-order valence-corrected chi connectivity index (χ3v) is 1.29. The van der Waals surface area contributed by atoms with Crippen molar-refractivity contribution in [2.45, 2.75) is 13.8 Å². The van der Waals surface area contributed by atoms with E-state index < -0.39 is 11.8 Å². The molecule has 0 amide bonds. The maximum absolute atomic E-state index is 11.2. The Kier molecular flexibility index (Phi) is 5.48. The first kappa shape index (κ1) is 12.6. The molecule has 4 heteroatoms. The van der Waals surface area contributed by atoms with Crippen LogP contribution in [0.15, 0.2) is 23.8 Å². The minimum atomic E-state index is -0.790. The van der Waals surface area contributed by atoms with Crippen LogP contribution in [0.25, 0.3) is 0 Å². The summed E-state index contributed by atoms with van der Waals surface area (Å²) >= 11 is 0. The van der Waals surface area contributed by atoms with E-state index in [2.05, 4.69) is 11.3 Å². The van der Waals surface area contributed by atoms with Gasteiger partial charge in [0.25, 0.3) is 0 Å². The normalized spacial score (nSPS) is 9.07. The summed E-state index contributed by atoms with van der Waals surface area (Å²) < 4.78 is 4.52. The van der Waals surface area contributed by atoms with Crippen LogP contribution in [0.5, 0.6) is 0 Å². The van der Waals surface area contributed by atoms with Gasteiger partial charge in [-0.15, -0.1) is 0 Å². The maximum atomic E-state index is 11.2. The average Bonchev–Trinajstić information content (AvgIpc) is 2.11. The summed E-state index contributed by atoms with van der Waals surface area (Å²) in [5, 5.41) is 8.38. The molecule has 0 saturated carbocycles. The zero-order valence-electron chi connectivity index (χ0n) is 8.37. The Morgan fingerprint density at radius 3 is 2.43 bits per heavy atom. The highest BCUT2D eigenvalue weighted by molar-refractivity contribution is 6.21. The van der Waals surface area contributed by atoms with E-state index in [1.807, 2.05) is 0 Å². The highest BCUT2D eigenvalue weighted by Gasteiger charge is 2.14. The summed E-state index contributed by atoms with van der Waals surface area (Å²) in [6.45, 7) is 6.40. The van der Waals surface area contributed by atoms with Crippen LogP contribution >= 0.6 is 0 Å². The number of ketones is 1. The molecule has 0 saturated heterocycles. The molecule has 0 fully saturated rings. The van der Waals surface area contributed by atoms with Crippen molar-refractivity contribution < 1.29 is 19.4 Å². The van der Waals surface area contributed by atoms with Crippen molar-refractivity contribution in [2.75, 3.05) is 13.2 Å². The van der Waals surface area contributed by atoms with Crippen molar-refractivity contribution in [1.82, 2.24) is 0 Å². The Balaban J connectivity index is 4.26. The largest absolute Gasteiger partial charge is 0.460 e. The van der Waals surface area contributed by atoms with Gasteiger partial charge in [-0.05, 0) is 19.9 Å². The molecular weight excluding hydrogens is 184 g/mol. The van der Waals surface area contributed by atoms with Gasteiger partial charge in [-0.2, -0.15) is 0 Å². The van der Waals surface area contributed by atoms with Crippen molar-refractivity contribution in [3.63, 3.8) is 0 Å². The Labute approximate surface area is 82.9 Å². The molecular formula is C10H14O4. The zero-order valence-corrected chi connectivity index (χ0v) is 8.37. The molecule has 0 aliphatic carbocycles. The highest BCUT2D eigenvalue weighted by atomic mass is 16.5. The van der Waals surface area contributed by atoms with Crippen molar-refractivity contribution in [2.24, 2.45) is 0 Å². The van der Waals surface area contributed by atoms with Gasteiger partial charge in [0, 0.05) is 0 Å². The van der Waals surface area contributed by atoms with E-state index in [1.165, 1.54) is 6.08 Å². The van der Waals surface area contributed by atoms with Gasteiger partial charge in [0.2, 0.25) is 0 Å². The summed E-state index contributed by atoms with van der Waals surface area (Å²) in [6.07, 6.45) is 1.31. The number of aliphatic hydroxyl groups excluding tert-OH is 1. The fourth-order valence-electron chi connectivity index (χ4n) is 0.675. The number of aliphatic hydroxyl groups is 1. The van der Waals surface area contributed by atoms with Gasteiger partial charge in [-0.25, -0.2) is 4.79 Å². The summed E-state index contributed by atoms with van der Waals surface area (Å²) in [4.78, 5) is 22.3. The Morgan fingerprint density at radius 1 is 1.43 bits per heavy atom. The number of carbonyl (C=O) groups excluding carboxylic acids is 2. The van der Waals surface area contributed by atoms with Gasteiger partial charge in [0.15, 0.2) is 5.78 Å². The summed E-state index contributed by atoms with van der Waals surface area (Å²) in [5.74, 6) is -1.26. The number of rotatable bonds is 5. The van der Waals surface area contributed by atoms with Crippen molar-refractivity contribution >= 4 is 11.8 Å². The Bertz CT molecular complexity index is 272. The number of hydrogen-bond acceptors (Lipinski definition) is 4. The van der Waals surface area contributed by atoms with Crippen LogP contribution in [-0.4, -0.2) is 30.1 Å². The summed E-state index contributed by atoms with van der Waals surface area (Å²) in [5.41, 5.74) is 0.561. The molecule has 0 heterocycles. The van der Waals surface area contributed by atoms with Crippen LogP contribution in [0, 0.1) is 0 Å². The van der Waals surface area contributed by atoms with Crippen LogP contribution in [0.2, 0.25) is 0 Å². The van der Waals surface area contributed by atoms with E-state index in [0.29, 0.717) is 0 Å². The maximum Gasteiger partial charge on any atom is 0.341 e. The molecule has 78 valence electrons. The molecule has 14 heavy (non-hydrogen) atoms. The number of carbonyl (C=O) groups is 2. The molecule has 0 unspecified atom stereocenters. The molecule has 0 atom stereocenters. The molecule has 0 aliphatic rings. The predicted molar refractivity (Wildman–Crippen MR) is 51.6 cm³/mol. The number of ether oxygens (including phenoxy) is 1. The fraction of sp³-hybridized carbons (Fsp3) is 0.400. The van der Waals surface area contributed by atoms with Gasteiger partial charge in [0.1, 0.15) is 6.61 Å². The third kappa shape index (κ3) is 4.57. The standard InChI is InChI=1S/C10H14O4/c1-7(2)6-9(12)8(3)10(13)14-5-4-11/h6,11H,3-5H2,1-2H3. The van der Waals surface area contributed by atoms with E-state index in [0.717, 1.165) is 5.57 Å². The van der Waals surface area contributed by atoms with Crippen molar-refractivity contribution in [1.29, 1.82) is 0 Å². The monoisotopic (exact) mass is 198 g/mol. The predicted octanol–water partition coefficient (Wildman–Crippen LogP) is 0.613. The van der Waals surface area contributed by atoms with E-state index >= 15 is 0 Å². The van der Waals surface area contributed by atoms with Crippen LogP contribution in [0.4, 0.5) is 0 Å². The minimum Gasteiger partial charge on any atom is -0.460 e. The Hall–Kier alpha value is -1.42. The lowest BCUT2D eigenvalue weighted by Crippen LogP contribution is -2.15. The van der Waals surface area contributed by atoms with Gasteiger partial charge in [0.05, 0.1) is 12.2 Å². The quantitative estimate of drug-likeness (QED) is 0.304. The first-order valence-electron chi connectivity index (χ1n) is 4.15. The van der Waals surface area contributed by atoms with Crippen LogP contribution in [0.3, 0.4) is 0 Å². The van der Waals surface area contributed by atoms with Crippen molar-refractivity contribution in [3.8, 4) is 0 Å². The van der Waals surface area contributed by atoms with Gasteiger partial charge < -0.3 is 9.84 Å². The van der Waals surface area contributed by atoms with Gasteiger partial charge in [-0.1, -0.05) is 12.2 Å². The number of hydrogen-bond donors (Lipinski definition) is 1. The highest BCUT2D eigenvalue weighted by Crippen LogP contribution is 2.00. The van der Waals surface area contributed by atoms with E-state index in [-0.39, 0.29) is 18.8 Å². The van der Waals surface area contributed by atoms with Gasteiger partial charge >= 0.3 is 5.97 Å². The number of allylic oxidation sites excluding steroid dienone is 2. The fourth-order valence-corrected chi connectivity index (χ4v) is 0.675. The Morgan fingerprint density at radius 2 is 2.00 bits per heavy atom. The van der Waals surface area contributed by atoms with E-state index in [4.69, 9.17) is 5.11 Å². The molecule has 4 nitrogen and oxygen atoms in total. The molecule has 0 bridgehead atoms. The molecule has 0 rings (SSSR count). The average molecular weight is 198 g/mol. The first-order valence-corrected chi connectivity index (χ1v) is 4.15. The second-order valence-corrected chi connectivity index (χ2v) is 2.92. The lowest BCUT2D eigenvalue weighted by atomic mass is 10.1. The molecule has 0 aromatic rings. The molecule has 0 spiro atoms. The van der Waals surface area contributed by atoms with E-state index in [1.54, 1.807) is 13.8 Å². The second-order valence-electron chi connectivity index (χ2n) is 2.92. The first-order chi connectivity index (χ1) is 6.49. The number of esters is 1. The molecule has 0 radical (unpaired) electrons. The third-order valence-electron chi connectivity index (χ3n) is 1.29. The summed E-state index contributed by atoms with van der Waals surface area (Å²) in [7, 11) is 0. The molecule has 0 aliphatic heterocycles. The van der Waals surface area contributed by atoms with Gasteiger partial charge in [-0.3, -0.25) is 4.79 Å². The summed E-state index contributed by atoms with van der Waals surface area (Å²) in [6, 6.07) is 0. The van der Waals surface area contributed by atoms with Crippen molar-refractivity contribution in [3.05, 3.63) is 23.8 Å². The van der Waals surface area contributed by atoms with E-state index in [9.17, 15) is 9.59 Å². The topological polar surface area (TPSA) is 63.6 Å². The second kappa shape index (κ2) is 6.10. The minimum absolute atomic E-state index is 0.125. The SMILES string of the molecule is C=C(C(=O)C=C(C)C)C(=O)OCCO. The smallest absolute Gasteiger partial charge is 0.341 e. The lowest BCUT2D eigenvalue weighted by Gasteiger charge is -2.02. The van der Waals surface area contributed by atoms with Crippen LogP contribution < -0.4 is 0 Å².